The maximum absolute atomic E-state index is 12.3. The number of amides is 1. The molecule has 0 saturated carbocycles. The molecular formula is C18H24N2O2. The number of hydrogen-bond acceptors (Lipinski definition) is 3. The Bertz CT molecular complexity index is 562. The maximum Gasteiger partial charge on any atom is 0.220 e. The predicted octanol–water partition coefficient (Wildman–Crippen LogP) is 2.01. The van der Waals surface area contributed by atoms with Crippen LogP contribution in [0.1, 0.15) is 53.6 Å². The molecule has 4 nitrogen and oxygen atoms in total. The standard InChI is InChI=1S/C18H24N2O2/c21-17(7-8-18(22)20-16-9-10-19-12-16)15-6-5-13-3-1-2-4-14(13)11-15/h5-6,11,16,19H,1-4,7-10,12H2,(H,20,22). The molecule has 2 aliphatic rings. The van der Waals surface area contributed by atoms with Crippen LogP contribution in [0.4, 0.5) is 0 Å². The molecule has 4 heteroatoms. The predicted molar refractivity (Wildman–Crippen MR) is 86.1 cm³/mol. The summed E-state index contributed by atoms with van der Waals surface area (Å²) in [5.41, 5.74) is 3.46. The van der Waals surface area contributed by atoms with Crippen molar-refractivity contribution in [2.45, 2.75) is 51.0 Å². The van der Waals surface area contributed by atoms with E-state index in [1.165, 1.54) is 24.0 Å². The van der Waals surface area contributed by atoms with Gasteiger partial charge in [-0.25, -0.2) is 0 Å². The van der Waals surface area contributed by atoms with Crippen molar-refractivity contribution in [3.05, 3.63) is 34.9 Å². The zero-order chi connectivity index (χ0) is 15.4. The lowest BCUT2D eigenvalue weighted by molar-refractivity contribution is -0.121. The molecule has 1 aromatic carbocycles. The Balaban J connectivity index is 1.52. The highest BCUT2D eigenvalue weighted by Gasteiger charge is 2.18. The first kappa shape index (κ1) is 15.2. The highest BCUT2D eigenvalue weighted by Crippen LogP contribution is 2.22. The smallest absolute Gasteiger partial charge is 0.220 e. The second kappa shape index (κ2) is 7.05. The van der Waals surface area contributed by atoms with Gasteiger partial charge in [-0.1, -0.05) is 12.1 Å². The van der Waals surface area contributed by atoms with Crippen LogP contribution in [0.15, 0.2) is 18.2 Å². The second-order valence-electron chi connectivity index (χ2n) is 6.37. The number of nitrogens with one attached hydrogen (secondary N) is 2. The van der Waals surface area contributed by atoms with Crippen LogP contribution in [-0.2, 0) is 17.6 Å². The van der Waals surface area contributed by atoms with Gasteiger partial charge in [-0.05, 0) is 55.8 Å². The molecule has 1 fully saturated rings. The van der Waals surface area contributed by atoms with E-state index in [-0.39, 0.29) is 24.2 Å². The van der Waals surface area contributed by atoms with Crippen LogP contribution in [0.3, 0.4) is 0 Å². The number of hydrogen-bond donors (Lipinski definition) is 2. The van der Waals surface area contributed by atoms with Gasteiger partial charge < -0.3 is 10.6 Å². The summed E-state index contributed by atoms with van der Waals surface area (Å²) in [6.07, 6.45) is 6.22. The minimum atomic E-state index is -0.0139. The van der Waals surface area contributed by atoms with Gasteiger partial charge in [0.2, 0.25) is 5.91 Å². The van der Waals surface area contributed by atoms with E-state index in [9.17, 15) is 9.59 Å². The number of Topliss-reactive ketones (excluding diaryl/α,β-unsaturated/α-hetero) is 1. The zero-order valence-electron chi connectivity index (χ0n) is 13.0. The van der Waals surface area contributed by atoms with E-state index in [0.29, 0.717) is 6.42 Å². The molecule has 1 aromatic rings. The number of fused-ring (bicyclic) bond motifs is 1. The van der Waals surface area contributed by atoms with Crippen LogP contribution in [-0.4, -0.2) is 30.8 Å². The summed E-state index contributed by atoms with van der Waals surface area (Å²) < 4.78 is 0. The molecule has 22 heavy (non-hydrogen) atoms. The summed E-state index contributed by atoms with van der Waals surface area (Å²) in [6, 6.07) is 6.28. The van der Waals surface area contributed by atoms with Gasteiger partial charge in [0.15, 0.2) is 5.78 Å². The molecular weight excluding hydrogens is 276 g/mol. The minimum absolute atomic E-state index is 0.0139. The second-order valence-corrected chi connectivity index (χ2v) is 6.37. The van der Waals surface area contributed by atoms with Gasteiger partial charge >= 0.3 is 0 Å². The lowest BCUT2D eigenvalue weighted by Gasteiger charge is -2.16. The number of rotatable bonds is 5. The Morgan fingerprint density at radius 1 is 1.14 bits per heavy atom. The SMILES string of the molecule is O=C(CCC(=O)c1ccc2c(c1)CCCC2)NC1CCNC1. The van der Waals surface area contributed by atoms with Crippen LogP contribution < -0.4 is 10.6 Å². The summed E-state index contributed by atoms with van der Waals surface area (Å²) in [6.45, 7) is 1.80. The lowest BCUT2D eigenvalue weighted by atomic mass is 9.89. The first-order chi connectivity index (χ1) is 10.7. The van der Waals surface area contributed by atoms with E-state index in [4.69, 9.17) is 0 Å². The number of carbonyl (C=O) groups excluding carboxylic acids is 2. The summed E-state index contributed by atoms with van der Waals surface area (Å²) in [7, 11) is 0. The van der Waals surface area contributed by atoms with Crippen LogP contribution >= 0.6 is 0 Å². The molecule has 1 heterocycles. The molecule has 0 bridgehead atoms. The fourth-order valence-corrected chi connectivity index (χ4v) is 3.36. The summed E-state index contributed by atoms with van der Waals surface area (Å²) >= 11 is 0. The topological polar surface area (TPSA) is 58.2 Å². The first-order valence-electron chi connectivity index (χ1n) is 8.37. The summed E-state index contributed by atoms with van der Waals surface area (Å²) in [5, 5.41) is 6.20. The van der Waals surface area contributed by atoms with Crippen molar-refractivity contribution in [3.8, 4) is 0 Å². The number of carbonyl (C=O) groups is 2. The van der Waals surface area contributed by atoms with Gasteiger partial charge in [0.1, 0.15) is 0 Å². The Labute approximate surface area is 131 Å². The van der Waals surface area contributed by atoms with Crippen LogP contribution in [0.2, 0.25) is 0 Å². The molecule has 3 rings (SSSR count). The average molecular weight is 300 g/mol. The van der Waals surface area contributed by atoms with Crippen molar-refractivity contribution in [1.29, 1.82) is 0 Å². The largest absolute Gasteiger partial charge is 0.352 e. The Morgan fingerprint density at radius 3 is 2.73 bits per heavy atom. The normalized spacial score (nSPS) is 20.5. The third kappa shape index (κ3) is 3.74. The Hall–Kier alpha value is -1.68. The fraction of sp³-hybridized carbons (Fsp3) is 0.556. The van der Waals surface area contributed by atoms with Gasteiger partial charge in [-0.3, -0.25) is 9.59 Å². The van der Waals surface area contributed by atoms with Crippen LogP contribution in [0, 0.1) is 0 Å². The zero-order valence-corrected chi connectivity index (χ0v) is 13.0. The molecule has 1 atom stereocenters. The number of ketones is 1. The fourth-order valence-electron chi connectivity index (χ4n) is 3.36. The van der Waals surface area contributed by atoms with Gasteiger partial charge in [-0.15, -0.1) is 0 Å². The molecule has 1 saturated heterocycles. The van der Waals surface area contributed by atoms with E-state index in [2.05, 4.69) is 16.7 Å². The maximum atomic E-state index is 12.3. The van der Waals surface area contributed by atoms with Gasteiger partial charge in [-0.2, -0.15) is 0 Å². The minimum Gasteiger partial charge on any atom is -0.352 e. The molecule has 1 unspecified atom stereocenters. The van der Waals surface area contributed by atoms with Crippen molar-refractivity contribution in [2.24, 2.45) is 0 Å². The molecule has 0 aromatic heterocycles. The third-order valence-electron chi connectivity index (χ3n) is 4.68. The van der Waals surface area contributed by atoms with Crippen molar-refractivity contribution < 1.29 is 9.59 Å². The monoisotopic (exact) mass is 300 g/mol. The van der Waals surface area contributed by atoms with Gasteiger partial charge in [0.25, 0.3) is 0 Å². The van der Waals surface area contributed by atoms with Crippen molar-refractivity contribution in [3.63, 3.8) is 0 Å². The number of benzene rings is 1. The Kier molecular flexibility index (Phi) is 4.88. The molecule has 1 aliphatic heterocycles. The first-order valence-corrected chi connectivity index (χ1v) is 8.37. The van der Waals surface area contributed by atoms with E-state index < -0.39 is 0 Å². The van der Waals surface area contributed by atoms with E-state index in [1.54, 1.807) is 0 Å². The highest BCUT2D eigenvalue weighted by molar-refractivity contribution is 5.98. The molecule has 0 spiro atoms. The Morgan fingerprint density at radius 2 is 1.95 bits per heavy atom. The van der Waals surface area contributed by atoms with Crippen molar-refractivity contribution in [1.82, 2.24) is 10.6 Å². The molecule has 2 N–H and O–H groups in total. The van der Waals surface area contributed by atoms with Gasteiger partial charge in [0, 0.05) is 31.0 Å². The van der Waals surface area contributed by atoms with E-state index in [0.717, 1.165) is 37.9 Å². The molecule has 1 aliphatic carbocycles. The lowest BCUT2D eigenvalue weighted by Crippen LogP contribution is -2.36. The van der Waals surface area contributed by atoms with Gasteiger partial charge in [0.05, 0.1) is 0 Å². The molecule has 118 valence electrons. The summed E-state index contributed by atoms with van der Waals surface area (Å²) in [4.78, 5) is 24.2. The number of aryl methyl sites for hydroxylation is 2. The highest BCUT2D eigenvalue weighted by atomic mass is 16.2. The van der Waals surface area contributed by atoms with E-state index >= 15 is 0 Å². The third-order valence-corrected chi connectivity index (χ3v) is 4.68. The quantitative estimate of drug-likeness (QED) is 0.818. The van der Waals surface area contributed by atoms with Crippen LogP contribution in [0.5, 0.6) is 0 Å². The average Bonchev–Trinajstić information content (AvgIpc) is 3.05. The summed E-state index contributed by atoms with van der Waals surface area (Å²) in [5.74, 6) is 0.0630. The van der Waals surface area contributed by atoms with Crippen molar-refractivity contribution >= 4 is 11.7 Å². The molecule has 0 radical (unpaired) electrons. The van der Waals surface area contributed by atoms with E-state index in [1.807, 2.05) is 12.1 Å². The van der Waals surface area contributed by atoms with Crippen LogP contribution in [0.25, 0.3) is 0 Å². The van der Waals surface area contributed by atoms with Crippen molar-refractivity contribution in [2.75, 3.05) is 13.1 Å². The molecule has 1 amide bonds.